The van der Waals surface area contributed by atoms with Gasteiger partial charge >= 0.3 is 0 Å². The SMILES string of the molecule is CO[C@]1(COc2ccccc2F)CCCN(Cc2cccc(OCCCN3CCCCCC3=O)c2)CC1. The van der Waals surface area contributed by atoms with Crippen LogP contribution in [-0.2, 0) is 16.1 Å². The minimum atomic E-state index is -0.420. The molecule has 0 radical (unpaired) electrons. The van der Waals surface area contributed by atoms with Gasteiger partial charge in [-0.3, -0.25) is 9.69 Å². The molecule has 0 unspecified atom stereocenters. The number of ether oxygens (including phenoxy) is 3. The van der Waals surface area contributed by atoms with E-state index in [2.05, 4.69) is 17.0 Å². The first-order chi connectivity index (χ1) is 18.1. The van der Waals surface area contributed by atoms with Crippen molar-refractivity contribution in [2.45, 2.75) is 63.5 Å². The quantitative estimate of drug-likeness (QED) is 0.375. The van der Waals surface area contributed by atoms with Crippen LogP contribution in [0.3, 0.4) is 0 Å². The topological polar surface area (TPSA) is 51.2 Å². The van der Waals surface area contributed by atoms with Gasteiger partial charge in [-0.05, 0) is 74.9 Å². The lowest BCUT2D eigenvalue weighted by Gasteiger charge is -2.31. The molecule has 4 rings (SSSR count). The van der Waals surface area contributed by atoms with Gasteiger partial charge in [0.1, 0.15) is 18.0 Å². The van der Waals surface area contributed by atoms with Gasteiger partial charge in [0.05, 0.1) is 6.61 Å². The number of rotatable bonds is 11. The van der Waals surface area contributed by atoms with Crippen LogP contribution in [0.5, 0.6) is 11.5 Å². The van der Waals surface area contributed by atoms with Gasteiger partial charge in [-0.15, -0.1) is 0 Å². The molecule has 37 heavy (non-hydrogen) atoms. The zero-order valence-electron chi connectivity index (χ0n) is 22.1. The number of carbonyl (C=O) groups is 1. The van der Waals surface area contributed by atoms with Crippen LogP contribution in [-0.4, -0.2) is 67.8 Å². The molecule has 2 fully saturated rings. The lowest BCUT2D eigenvalue weighted by Crippen LogP contribution is -2.39. The number of halogens is 1. The highest BCUT2D eigenvalue weighted by Crippen LogP contribution is 2.29. The van der Waals surface area contributed by atoms with Gasteiger partial charge < -0.3 is 19.1 Å². The first-order valence-corrected chi connectivity index (χ1v) is 13.7. The van der Waals surface area contributed by atoms with Crippen LogP contribution in [0.25, 0.3) is 0 Å². The average molecular weight is 513 g/mol. The van der Waals surface area contributed by atoms with E-state index in [1.54, 1.807) is 25.3 Å². The maximum Gasteiger partial charge on any atom is 0.222 e. The molecule has 1 amide bonds. The highest BCUT2D eigenvalue weighted by Gasteiger charge is 2.34. The fourth-order valence-electron chi connectivity index (χ4n) is 5.27. The fraction of sp³-hybridized carbons (Fsp3) is 0.567. The van der Waals surface area contributed by atoms with Gasteiger partial charge in [-0.1, -0.05) is 30.7 Å². The third-order valence-corrected chi connectivity index (χ3v) is 7.57. The maximum atomic E-state index is 14.0. The molecule has 7 heteroatoms. The van der Waals surface area contributed by atoms with E-state index in [0.29, 0.717) is 19.6 Å². The number of methoxy groups -OCH3 is 1. The van der Waals surface area contributed by atoms with E-state index in [4.69, 9.17) is 14.2 Å². The molecule has 0 aliphatic carbocycles. The molecule has 0 saturated carbocycles. The zero-order chi connectivity index (χ0) is 25.9. The van der Waals surface area contributed by atoms with Crippen molar-refractivity contribution in [2.24, 2.45) is 0 Å². The Morgan fingerprint density at radius 1 is 0.946 bits per heavy atom. The molecular weight excluding hydrogens is 471 g/mol. The highest BCUT2D eigenvalue weighted by atomic mass is 19.1. The summed E-state index contributed by atoms with van der Waals surface area (Å²) in [6, 6.07) is 14.8. The number of para-hydroxylation sites is 1. The highest BCUT2D eigenvalue weighted by molar-refractivity contribution is 5.76. The fourth-order valence-corrected chi connectivity index (χ4v) is 5.27. The Morgan fingerprint density at radius 2 is 1.84 bits per heavy atom. The number of amides is 1. The van der Waals surface area contributed by atoms with Crippen LogP contribution in [0.2, 0.25) is 0 Å². The monoisotopic (exact) mass is 512 g/mol. The largest absolute Gasteiger partial charge is 0.494 e. The van der Waals surface area contributed by atoms with E-state index in [9.17, 15) is 9.18 Å². The van der Waals surface area contributed by atoms with Gasteiger partial charge in [0, 0.05) is 39.7 Å². The molecule has 1 atom stereocenters. The van der Waals surface area contributed by atoms with E-state index in [0.717, 1.165) is 83.4 Å². The molecule has 6 nitrogen and oxygen atoms in total. The van der Waals surface area contributed by atoms with Crippen molar-refractivity contribution in [2.75, 3.05) is 46.5 Å². The molecule has 0 spiro atoms. The number of nitrogens with zero attached hydrogens (tertiary/aromatic N) is 2. The van der Waals surface area contributed by atoms with Crippen molar-refractivity contribution >= 4 is 5.91 Å². The van der Waals surface area contributed by atoms with Crippen LogP contribution in [0.4, 0.5) is 4.39 Å². The van der Waals surface area contributed by atoms with Crippen molar-refractivity contribution in [3.05, 3.63) is 59.9 Å². The van der Waals surface area contributed by atoms with Crippen molar-refractivity contribution in [1.82, 2.24) is 9.80 Å². The Labute approximate surface area is 220 Å². The second-order valence-electron chi connectivity index (χ2n) is 10.3. The van der Waals surface area contributed by atoms with Crippen LogP contribution in [0.1, 0.15) is 56.9 Å². The predicted molar refractivity (Wildman–Crippen MR) is 142 cm³/mol. The summed E-state index contributed by atoms with van der Waals surface area (Å²) in [6.45, 7) is 5.29. The third-order valence-electron chi connectivity index (χ3n) is 7.57. The second kappa shape index (κ2) is 13.8. The summed E-state index contributed by atoms with van der Waals surface area (Å²) in [5.74, 6) is 1.09. The summed E-state index contributed by atoms with van der Waals surface area (Å²) in [4.78, 5) is 16.6. The van der Waals surface area contributed by atoms with Gasteiger partial charge in [-0.2, -0.15) is 0 Å². The minimum absolute atomic E-state index is 0.273. The van der Waals surface area contributed by atoms with Crippen LogP contribution >= 0.6 is 0 Å². The Kier molecular flexibility index (Phi) is 10.2. The molecule has 0 aromatic heterocycles. The summed E-state index contributed by atoms with van der Waals surface area (Å²) in [5.41, 5.74) is 0.796. The molecule has 2 aliphatic heterocycles. The standard InChI is InChI=1S/C30H41FN2O4/c1-35-30(24-37-28-13-5-4-12-27(28)31)15-8-17-32(20-16-30)23-25-10-7-11-26(22-25)36-21-9-19-33-18-6-2-3-14-29(33)34/h4-5,7,10-13,22H,2-3,6,8-9,14-21,23-24H2,1H3/t30-/m1/s1. The summed E-state index contributed by atoms with van der Waals surface area (Å²) < 4.78 is 31.8. The third kappa shape index (κ3) is 8.17. The summed E-state index contributed by atoms with van der Waals surface area (Å²) in [5, 5.41) is 0. The molecule has 2 aromatic rings. The van der Waals surface area contributed by atoms with Gasteiger partial charge in [0.2, 0.25) is 5.91 Å². The number of hydrogen-bond donors (Lipinski definition) is 0. The van der Waals surface area contributed by atoms with E-state index in [1.807, 2.05) is 17.0 Å². The number of carbonyl (C=O) groups excluding carboxylic acids is 1. The molecule has 0 bridgehead atoms. The van der Waals surface area contributed by atoms with Crippen LogP contribution < -0.4 is 9.47 Å². The van der Waals surface area contributed by atoms with E-state index >= 15 is 0 Å². The van der Waals surface area contributed by atoms with Crippen LogP contribution in [0, 0.1) is 5.82 Å². The van der Waals surface area contributed by atoms with Crippen molar-refractivity contribution in [3.8, 4) is 11.5 Å². The first-order valence-electron chi connectivity index (χ1n) is 13.7. The van der Waals surface area contributed by atoms with Crippen molar-refractivity contribution < 1.29 is 23.4 Å². The summed E-state index contributed by atoms with van der Waals surface area (Å²) in [6.07, 6.45) is 7.48. The minimum Gasteiger partial charge on any atom is -0.494 e. The zero-order valence-corrected chi connectivity index (χ0v) is 22.1. The number of hydrogen-bond acceptors (Lipinski definition) is 5. The molecule has 0 N–H and O–H groups in total. The lowest BCUT2D eigenvalue weighted by atomic mass is 9.95. The van der Waals surface area contributed by atoms with Crippen molar-refractivity contribution in [3.63, 3.8) is 0 Å². The molecule has 2 saturated heterocycles. The smallest absolute Gasteiger partial charge is 0.222 e. The maximum absolute atomic E-state index is 14.0. The van der Waals surface area contributed by atoms with Crippen LogP contribution in [0.15, 0.2) is 48.5 Å². The Balaban J connectivity index is 1.23. The molecule has 2 heterocycles. The van der Waals surface area contributed by atoms with Gasteiger partial charge in [0.15, 0.2) is 11.6 Å². The molecule has 202 valence electrons. The molecular formula is C30H41FN2O4. The summed E-state index contributed by atoms with van der Waals surface area (Å²) >= 11 is 0. The second-order valence-corrected chi connectivity index (χ2v) is 10.3. The van der Waals surface area contributed by atoms with Crippen molar-refractivity contribution in [1.29, 1.82) is 0 Å². The van der Waals surface area contributed by atoms with E-state index in [-0.39, 0.29) is 17.5 Å². The molecule has 2 aromatic carbocycles. The van der Waals surface area contributed by atoms with Gasteiger partial charge in [0.25, 0.3) is 0 Å². The normalized spacial score (nSPS) is 21.4. The number of likely N-dealkylation sites (tertiary alicyclic amines) is 2. The Hall–Kier alpha value is -2.64. The number of benzene rings is 2. The first kappa shape index (κ1) is 27.4. The Bertz CT molecular complexity index is 1000. The summed E-state index contributed by atoms with van der Waals surface area (Å²) in [7, 11) is 1.73. The average Bonchev–Trinajstić information content (AvgIpc) is 3.24. The molecule has 2 aliphatic rings. The Morgan fingerprint density at radius 3 is 2.70 bits per heavy atom. The van der Waals surface area contributed by atoms with E-state index < -0.39 is 5.60 Å². The van der Waals surface area contributed by atoms with Gasteiger partial charge in [-0.25, -0.2) is 4.39 Å². The van der Waals surface area contributed by atoms with E-state index in [1.165, 1.54) is 11.6 Å². The predicted octanol–water partition coefficient (Wildman–Crippen LogP) is 5.45. The lowest BCUT2D eigenvalue weighted by molar-refractivity contribution is -0.130.